The van der Waals surface area contributed by atoms with Crippen LogP contribution >= 0.6 is 24.0 Å². The number of phenolic OH excluding ortho intramolecular Hbond substituents is 1. The average Bonchev–Trinajstić information content (AvgIpc) is 2.75. The zero-order valence-electron chi connectivity index (χ0n) is 12.2. The Morgan fingerprint density at radius 1 is 1.50 bits per heavy atom. The van der Waals surface area contributed by atoms with Crippen LogP contribution in [0, 0.1) is 0 Å². The zero-order chi connectivity index (χ0) is 16.1. The standard InChI is InChI=1S/C16H17NO3S2/c1-3-7-17-15(19)14(22-16(17)21)9-11-5-6-12(10-13(11)18)20-8-4-2/h3,5-6,9-10,18H,1,4,7-8H2,2H3/b14-9-. The fraction of sp³-hybridized carbons (Fsp3) is 0.250. The topological polar surface area (TPSA) is 49.8 Å². The summed E-state index contributed by atoms with van der Waals surface area (Å²) in [5.74, 6) is 0.513. The molecule has 0 aliphatic carbocycles. The molecule has 0 radical (unpaired) electrons. The Bertz CT molecular complexity index is 640. The summed E-state index contributed by atoms with van der Waals surface area (Å²) in [4.78, 5) is 14.2. The summed E-state index contributed by atoms with van der Waals surface area (Å²) in [5.41, 5.74) is 0.558. The highest BCUT2D eigenvalue weighted by Crippen LogP contribution is 2.34. The number of thiocarbonyl (C=S) groups is 1. The fourth-order valence-electron chi connectivity index (χ4n) is 1.88. The molecule has 1 N–H and O–H groups in total. The summed E-state index contributed by atoms with van der Waals surface area (Å²) in [7, 11) is 0. The van der Waals surface area contributed by atoms with E-state index in [4.69, 9.17) is 17.0 Å². The maximum atomic E-state index is 12.2. The van der Waals surface area contributed by atoms with Crippen molar-refractivity contribution < 1.29 is 14.6 Å². The number of rotatable bonds is 6. The average molecular weight is 335 g/mol. The van der Waals surface area contributed by atoms with Crippen molar-refractivity contribution in [2.75, 3.05) is 13.2 Å². The molecule has 1 amide bonds. The Balaban J connectivity index is 2.21. The highest BCUT2D eigenvalue weighted by Gasteiger charge is 2.31. The number of phenols is 1. The monoisotopic (exact) mass is 335 g/mol. The Morgan fingerprint density at radius 2 is 2.27 bits per heavy atom. The minimum atomic E-state index is -0.166. The fourth-order valence-corrected chi connectivity index (χ4v) is 3.15. The number of nitrogens with zero attached hydrogens (tertiary/aromatic N) is 1. The smallest absolute Gasteiger partial charge is 0.266 e. The molecule has 1 aromatic rings. The molecule has 22 heavy (non-hydrogen) atoms. The van der Waals surface area contributed by atoms with Gasteiger partial charge >= 0.3 is 0 Å². The van der Waals surface area contributed by atoms with Crippen LogP contribution in [-0.2, 0) is 4.79 Å². The summed E-state index contributed by atoms with van der Waals surface area (Å²) in [6.45, 7) is 6.61. The third-order valence-corrected chi connectivity index (χ3v) is 4.32. The number of ether oxygens (including phenoxy) is 1. The van der Waals surface area contributed by atoms with Crippen LogP contribution in [0.2, 0.25) is 0 Å². The number of amides is 1. The molecule has 1 aliphatic heterocycles. The van der Waals surface area contributed by atoms with E-state index in [0.717, 1.165) is 6.42 Å². The molecule has 2 rings (SSSR count). The van der Waals surface area contributed by atoms with Crippen LogP contribution in [-0.4, -0.2) is 33.4 Å². The number of aromatic hydroxyl groups is 1. The van der Waals surface area contributed by atoms with Gasteiger partial charge in [-0.25, -0.2) is 0 Å². The van der Waals surface area contributed by atoms with E-state index in [9.17, 15) is 9.90 Å². The molecule has 0 atom stereocenters. The minimum Gasteiger partial charge on any atom is -0.507 e. The Kier molecular flexibility index (Phi) is 5.63. The molecule has 1 saturated heterocycles. The third kappa shape index (κ3) is 3.69. The number of hydrogen-bond donors (Lipinski definition) is 1. The summed E-state index contributed by atoms with van der Waals surface area (Å²) in [6.07, 6.45) is 4.17. The van der Waals surface area contributed by atoms with E-state index in [1.54, 1.807) is 30.4 Å². The molecular weight excluding hydrogens is 318 g/mol. The lowest BCUT2D eigenvalue weighted by molar-refractivity contribution is -0.121. The predicted molar refractivity (Wildman–Crippen MR) is 94.0 cm³/mol. The third-order valence-electron chi connectivity index (χ3n) is 2.95. The molecule has 0 bridgehead atoms. The highest BCUT2D eigenvalue weighted by atomic mass is 32.2. The first-order chi connectivity index (χ1) is 10.6. The van der Waals surface area contributed by atoms with Gasteiger partial charge in [0, 0.05) is 18.2 Å². The van der Waals surface area contributed by atoms with Gasteiger partial charge in [-0.05, 0) is 24.6 Å². The lowest BCUT2D eigenvalue weighted by Crippen LogP contribution is -2.27. The number of hydrogen-bond acceptors (Lipinski definition) is 5. The van der Waals surface area contributed by atoms with E-state index in [-0.39, 0.29) is 11.7 Å². The molecule has 0 aromatic heterocycles. The first kappa shape index (κ1) is 16.6. The second-order valence-corrected chi connectivity index (χ2v) is 6.33. The van der Waals surface area contributed by atoms with Gasteiger partial charge in [-0.2, -0.15) is 0 Å². The van der Waals surface area contributed by atoms with Crippen molar-refractivity contribution in [3.05, 3.63) is 41.3 Å². The first-order valence-corrected chi connectivity index (χ1v) is 8.11. The van der Waals surface area contributed by atoms with Crippen molar-refractivity contribution in [1.29, 1.82) is 0 Å². The van der Waals surface area contributed by atoms with E-state index in [0.29, 0.717) is 33.7 Å². The summed E-state index contributed by atoms with van der Waals surface area (Å²) < 4.78 is 5.95. The maximum absolute atomic E-state index is 12.2. The van der Waals surface area contributed by atoms with E-state index in [1.165, 1.54) is 16.7 Å². The van der Waals surface area contributed by atoms with Gasteiger partial charge in [-0.15, -0.1) is 6.58 Å². The molecule has 116 valence electrons. The van der Waals surface area contributed by atoms with Crippen LogP contribution in [0.1, 0.15) is 18.9 Å². The normalized spacial score (nSPS) is 16.4. The van der Waals surface area contributed by atoms with Crippen molar-refractivity contribution in [2.45, 2.75) is 13.3 Å². The van der Waals surface area contributed by atoms with Crippen LogP contribution in [0.25, 0.3) is 6.08 Å². The van der Waals surface area contributed by atoms with Crippen LogP contribution in [0.4, 0.5) is 0 Å². The van der Waals surface area contributed by atoms with E-state index < -0.39 is 0 Å². The van der Waals surface area contributed by atoms with Crippen LogP contribution in [0.5, 0.6) is 11.5 Å². The molecule has 1 heterocycles. The molecule has 1 fully saturated rings. The van der Waals surface area contributed by atoms with Gasteiger partial charge in [0.05, 0.1) is 11.5 Å². The second kappa shape index (κ2) is 7.47. The summed E-state index contributed by atoms with van der Waals surface area (Å²) in [5, 5.41) is 10.1. The van der Waals surface area contributed by atoms with Gasteiger partial charge in [-0.3, -0.25) is 9.69 Å². The molecule has 0 saturated carbocycles. The van der Waals surface area contributed by atoms with Gasteiger partial charge in [0.15, 0.2) is 0 Å². The van der Waals surface area contributed by atoms with E-state index in [2.05, 4.69) is 6.58 Å². The van der Waals surface area contributed by atoms with Crippen LogP contribution in [0.15, 0.2) is 35.8 Å². The predicted octanol–water partition coefficient (Wildman–Crippen LogP) is 3.57. The van der Waals surface area contributed by atoms with Crippen LogP contribution < -0.4 is 4.74 Å². The molecule has 4 nitrogen and oxygen atoms in total. The maximum Gasteiger partial charge on any atom is 0.266 e. The number of benzene rings is 1. The number of carbonyl (C=O) groups is 1. The van der Waals surface area contributed by atoms with Gasteiger partial charge < -0.3 is 9.84 Å². The SMILES string of the molecule is C=CCN1C(=O)/C(=C/c2ccc(OCCC)cc2O)SC1=S. The van der Waals surface area contributed by atoms with Crippen LogP contribution in [0.3, 0.4) is 0 Å². The van der Waals surface area contributed by atoms with E-state index >= 15 is 0 Å². The largest absolute Gasteiger partial charge is 0.507 e. The van der Waals surface area contributed by atoms with Crippen molar-refractivity contribution in [2.24, 2.45) is 0 Å². The summed E-state index contributed by atoms with van der Waals surface area (Å²) >= 11 is 6.40. The lowest BCUT2D eigenvalue weighted by Gasteiger charge is -2.10. The number of carbonyl (C=O) groups excluding carboxylic acids is 1. The van der Waals surface area contributed by atoms with Gasteiger partial charge in [0.2, 0.25) is 0 Å². The Labute approximate surface area is 139 Å². The Hall–Kier alpha value is -1.79. The first-order valence-electron chi connectivity index (χ1n) is 6.89. The van der Waals surface area contributed by atoms with Gasteiger partial charge in [0.1, 0.15) is 15.8 Å². The molecule has 1 aromatic carbocycles. The number of thioether (sulfide) groups is 1. The molecule has 0 unspecified atom stereocenters. The Morgan fingerprint density at radius 3 is 2.91 bits per heavy atom. The second-order valence-electron chi connectivity index (χ2n) is 4.65. The van der Waals surface area contributed by atoms with Gasteiger partial charge in [-0.1, -0.05) is 37.0 Å². The van der Waals surface area contributed by atoms with Crippen molar-refractivity contribution >= 4 is 40.3 Å². The van der Waals surface area contributed by atoms with Gasteiger partial charge in [0.25, 0.3) is 5.91 Å². The van der Waals surface area contributed by atoms with Crippen molar-refractivity contribution in [1.82, 2.24) is 4.90 Å². The molecule has 6 heteroatoms. The zero-order valence-corrected chi connectivity index (χ0v) is 13.9. The van der Waals surface area contributed by atoms with Crippen molar-refractivity contribution in [3.8, 4) is 11.5 Å². The lowest BCUT2D eigenvalue weighted by atomic mass is 10.1. The quantitative estimate of drug-likeness (QED) is 0.489. The van der Waals surface area contributed by atoms with E-state index in [1.807, 2.05) is 6.92 Å². The molecule has 1 aliphatic rings. The summed E-state index contributed by atoms with van der Waals surface area (Å²) in [6, 6.07) is 5.04. The van der Waals surface area contributed by atoms with Crippen molar-refractivity contribution in [3.63, 3.8) is 0 Å². The molecular formula is C16H17NO3S2. The molecule has 0 spiro atoms. The minimum absolute atomic E-state index is 0.0718. The highest BCUT2D eigenvalue weighted by molar-refractivity contribution is 8.26.